The molecule has 32 heavy (non-hydrogen) atoms. The molecule has 1 aliphatic heterocycles. The van der Waals surface area contributed by atoms with Crippen molar-refractivity contribution in [2.75, 3.05) is 11.4 Å². The lowest BCUT2D eigenvalue weighted by Crippen LogP contribution is -2.39. The average Bonchev–Trinajstić information content (AvgIpc) is 3.22. The average molecular weight is 445 g/mol. The van der Waals surface area contributed by atoms with Gasteiger partial charge in [0.1, 0.15) is 17.5 Å². The van der Waals surface area contributed by atoms with Crippen molar-refractivity contribution in [3.63, 3.8) is 0 Å². The van der Waals surface area contributed by atoms with E-state index < -0.39 is 11.9 Å². The lowest BCUT2D eigenvalue weighted by atomic mass is 10.0. The number of nitrogens with zero attached hydrogens (tertiary/aromatic N) is 3. The predicted octanol–water partition coefficient (Wildman–Crippen LogP) is 6.41. The van der Waals surface area contributed by atoms with Gasteiger partial charge in [-0.2, -0.15) is 0 Å². The quantitative estimate of drug-likeness (QED) is 0.372. The number of anilines is 1. The number of hydrogen-bond donors (Lipinski definition) is 1. The summed E-state index contributed by atoms with van der Waals surface area (Å²) in [4.78, 5) is 23.0. The molecule has 2 heterocycles. The van der Waals surface area contributed by atoms with Gasteiger partial charge in [0, 0.05) is 23.5 Å². The Bertz CT molecular complexity index is 963. The minimum atomic E-state index is -0.568. The Morgan fingerprint density at radius 2 is 2.06 bits per heavy atom. The van der Waals surface area contributed by atoms with Crippen LogP contribution in [0.15, 0.2) is 46.6 Å². The van der Waals surface area contributed by atoms with Gasteiger partial charge >= 0.3 is 6.03 Å². The van der Waals surface area contributed by atoms with E-state index in [9.17, 15) is 9.18 Å². The molecule has 0 aliphatic carbocycles. The van der Waals surface area contributed by atoms with Crippen LogP contribution in [-0.2, 0) is 12.8 Å². The third-order valence-corrected chi connectivity index (χ3v) is 5.71. The summed E-state index contributed by atoms with van der Waals surface area (Å²) in [6, 6.07) is -0.492. The fraction of sp³-hybridized carbons (Fsp3) is 0.480. The SMILES string of the molecule is C\C=C(C)/N=C(\C=C(F)/C(=C\C)NC(=O)N1CCc2c1ncc(F)c2CCC)C(C)CC. The lowest BCUT2D eigenvalue weighted by molar-refractivity contribution is 0.248. The number of nitrogens with one attached hydrogen (secondary N) is 1. The Labute approximate surface area is 190 Å². The zero-order valence-corrected chi connectivity index (χ0v) is 19.9. The van der Waals surface area contributed by atoms with Crippen molar-refractivity contribution in [3.8, 4) is 0 Å². The van der Waals surface area contributed by atoms with Crippen LogP contribution in [0, 0.1) is 11.7 Å². The van der Waals surface area contributed by atoms with E-state index in [1.807, 2.05) is 40.7 Å². The van der Waals surface area contributed by atoms with Crippen LogP contribution in [0.3, 0.4) is 0 Å². The molecule has 1 atom stereocenters. The summed E-state index contributed by atoms with van der Waals surface area (Å²) in [7, 11) is 0. The number of pyridine rings is 1. The van der Waals surface area contributed by atoms with Crippen molar-refractivity contribution in [1.82, 2.24) is 10.3 Å². The normalized spacial score (nSPS) is 16.3. The van der Waals surface area contributed by atoms with Crippen LogP contribution in [0.4, 0.5) is 19.4 Å². The van der Waals surface area contributed by atoms with Crippen LogP contribution >= 0.6 is 0 Å². The minimum Gasteiger partial charge on any atom is -0.305 e. The number of allylic oxidation sites excluding steroid dienone is 5. The highest BCUT2D eigenvalue weighted by Gasteiger charge is 2.30. The first kappa shape index (κ1) is 25.4. The Balaban J connectivity index is 2.27. The number of aliphatic imine (C=N–C) groups is 1. The summed E-state index contributed by atoms with van der Waals surface area (Å²) in [6.45, 7) is 11.8. The predicted molar refractivity (Wildman–Crippen MR) is 127 cm³/mol. The standard InChI is InChI=1S/C25H34F2N4O/c1-7-11-18-19-12-13-31(24(19)28-15-21(18)27)25(32)30-22(10-4)20(26)14-23(16(5)8-2)29-17(6)9-3/h9-10,14-16H,7-8,11-13H2,1-6H3,(H,30,32)/b17-9-,20-14+,22-10+,29-23+. The van der Waals surface area contributed by atoms with Gasteiger partial charge in [-0.25, -0.2) is 18.6 Å². The number of aromatic nitrogens is 1. The van der Waals surface area contributed by atoms with E-state index in [1.165, 1.54) is 17.1 Å². The van der Waals surface area contributed by atoms with Crippen LogP contribution < -0.4 is 10.2 Å². The third-order valence-electron chi connectivity index (χ3n) is 5.71. The van der Waals surface area contributed by atoms with Crippen LogP contribution in [0.1, 0.15) is 65.5 Å². The molecule has 2 amide bonds. The maximum Gasteiger partial charge on any atom is 0.327 e. The Kier molecular flexibility index (Phi) is 9.29. The molecule has 1 aromatic rings. The molecule has 1 aromatic heterocycles. The van der Waals surface area contributed by atoms with Gasteiger partial charge in [-0.15, -0.1) is 0 Å². The largest absolute Gasteiger partial charge is 0.327 e. The topological polar surface area (TPSA) is 57.6 Å². The number of rotatable bonds is 8. The third kappa shape index (κ3) is 5.90. The van der Waals surface area contributed by atoms with E-state index in [0.717, 1.165) is 30.3 Å². The van der Waals surface area contributed by atoms with E-state index in [1.54, 1.807) is 6.92 Å². The first-order chi connectivity index (χ1) is 15.3. The van der Waals surface area contributed by atoms with Gasteiger partial charge in [-0.1, -0.05) is 39.3 Å². The number of carbonyl (C=O) groups excluding carboxylic acids is 1. The zero-order valence-electron chi connectivity index (χ0n) is 19.9. The smallest absolute Gasteiger partial charge is 0.305 e. The van der Waals surface area contributed by atoms with Crippen molar-refractivity contribution in [2.45, 2.75) is 67.2 Å². The summed E-state index contributed by atoms with van der Waals surface area (Å²) >= 11 is 0. The van der Waals surface area contributed by atoms with E-state index in [4.69, 9.17) is 0 Å². The fourth-order valence-electron chi connectivity index (χ4n) is 3.52. The summed E-state index contributed by atoms with van der Waals surface area (Å²) in [6.07, 6.45) is 8.63. The molecule has 0 radical (unpaired) electrons. The van der Waals surface area contributed by atoms with Gasteiger partial charge in [0.15, 0.2) is 0 Å². The molecule has 2 rings (SSSR count). The van der Waals surface area contributed by atoms with Crippen molar-refractivity contribution in [2.24, 2.45) is 10.9 Å². The second-order valence-corrected chi connectivity index (χ2v) is 7.94. The summed E-state index contributed by atoms with van der Waals surface area (Å²) < 4.78 is 29.3. The first-order valence-electron chi connectivity index (χ1n) is 11.3. The van der Waals surface area contributed by atoms with Crippen molar-refractivity contribution in [1.29, 1.82) is 0 Å². The number of hydrogen-bond acceptors (Lipinski definition) is 3. The summed E-state index contributed by atoms with van der Waals surface area (Å²) in [5, 5.41) is 2.65. The fourth-order valence-corrected chi connectivity index (χ4v) is 3.52. The van der Waals surface area contributed by atoms with Crippen LogP contribution in [0.2, 0.25) is 0 Å². The maximum atomic E-state index is 15.1. The zero-order chi connectivity index (χ0) is 23.8. The molecule has 5 nitrogen and oxygen atoms in total. The number of urea groups is 1. The Morgan fingerprint density at radius 3 is 2.66 bits per heavy atom. The highest BCUT2D eigenvalue weighted by atomic mass is 19.1. The van der Waals surface area contributed by atoms with Gasteiger partial charge in [0.2, 0.25) is 0 Å². The van der Waals surface area contributed by atoms with E-state index >= 15 is 4.39 Å². The minimum absolute atomic E-state index is 0.0611. The Hall–Kier alpha value is -2.83. The highest BCUT2D eigenvalue weighted by Crippen LogP contribution is 2.31. The van der Waals surface area contributed by atoms with Gasteiger partial charge in [-0.3, -0.25) is 9.89 Å². The molecule has 0 fully saturated rings. The molecular formula is C25H34F2N4O. The molecule has 0 aromatic carbocycles. The van der Waals surface area contributed by atoms with Crippen LogP contribution in [0.25, 0.3) is 0 Å². The number of fused-ring (bicyclic) bond motifs is 1. The molecule has 1 N–H and O–H groups in total. The molecule has 1 unspecified atom stereocenters. The molecule has 0 bridgehead atoms. The molecule has 7 heteroatoms. The molecule has 0 saturated heterocycles. The molecular weight excluding hydrogens is 410 g/mol. The van der Waals surface area contributed by atoms with Gasteiger partial charge in [0.05, 0.1) is 11.9 Å². The van der Waals surface area contributed by atoms with Gasteiger partial charge in [0.25, 0.3) is 0 Å². The summed E-state index contributed by atoms with van der Waals surface area (Å²) in [5.74, 6) is -0.407. The second-order valence-electron chi connectivity index (χ2n) is 7.94. The summed E-state index contributed by atoms with van der Waals surface area (Å²) in [5.41, 5.74) is 2.84. The molecule has 0 spiro atoms. The van der Waals surface area contributed by atoms with E-state index in [-0.39, 0.29) is 17.4 Å². The van der Waals surface area contributed by atoms with E-state index in [0.29, 0.717) is 36.5 Å². The van der Waals surface area contributed by atoms with Crippen LogP contribution in [0.5, 0.6) is 0 Å². The number of carbonyl (C=O) groups is 1. The maximum absolute atomic E-state index is 15.1. The van der Waals surface area contributed by atoms with Crippen LogP contribution in [-0.4, -0.2) is 23.3 Å². The van der Waals surface area contributed by atoms with Crippen molar-refractivity contribution in [3.05, 3.63) is 58.6 Å². The molecule has 0 saturated carbocycles. The molecule has 174 valence electrons. The second kappa shape index (κ2) is 11.7. The van der Waals surface area contributed by atoms with Crippen molar-refractivity contribution < 1.29 is 13.6 Å². The number of halogens is 2. The lowest BCUT2D eigenvalue weighted by Gasteiger charge is -2.19. The van der Waals surface area contributed by atoms with E-state index in [2.05, 4.69) is 15.3 Å². The number of amides is 2. The van der Waals surface area contributed by atoms with Gasteiger partial charge in [-0.05, 0) is 57.6 Å². The van der Waals surface area contributed by atoms with Gasteiger partial charge < -0.3 is 5.32 Å². The van der Waals surface area contributed by atoms with Crippen molar-refractivity contribution >= 4 is 17.6 Å². The molecule has 1 aliphatic rings. The highest BCUT2D eigenvalue weighted by molar-refractivity contribution is 5.99. The monoisotopic (exact) mass is 444 g/mol. The Morgan fingerprint density at radius 1 is 1.34 bits per heavy atom. The first-order valence-corrected chi connectivity index (χ1v) is 11.3.